The molecule has 2 atom stereocenters. The lowest BCUT2D eigenvalue weighted by Gasteiger charge is -2.40. The minimum absolute atomic E-state index is 0.200. The summed E-state index contributed by atoms with van der Waals surface area (Å²) in [5, 5.41) is 9.94. The first kappa shape index (κ1) is 17.3. The van der Waals surface area contributed by atoms with E-state index >= 15 is 0 Å². The molecule has 0 spiro atoms. The van der Waals surface area contributed by atoms with Crippen molar-refractivity contribution in [3.05, 3.63) is 29.8 Å². The predicted molar refractivity (Wildman–Crippen MR) is 94.1 cm³/mol. The van der Waals surface area contributed by atoms with Crippen molar-refractivity contribution in [2.75, 3.05) is 20.2 Å². The Morgan fingerprint density at radius 1 is 1.33 bits per heavy atom. The van der Waals surface area contributed by atoms with Crippen LogP contribution in [0.4, 0.5) is 0 Å². The second-order valence-electron chi connectivity index (χ2n) is 7.42. The molecule has 2 aliphatic rings. The second-order valence-corrected chi connectivity index (χ2v) is 7.42. The zero-order valence-corrected chi connectivity index (χ0v) is 14.8. The van der Waals surface area contributed by atoms with Gasteiger partial charge in [0.1, 0.15) is 5.75 Å². The van der Waals surface area contributed by atoms with Crippen LogP contribution in [0, 0.1) is 5.92 Å². The van der Waals surface area contributed by atoms with Gasteiger partial charge in [-0.15, -0.1) is 0 Å². The van der Waals surface area contributed by atoms with Gasteiger partial charge >= 0.3 is 0 Å². The molecule has 0 radical (unpaired) electrons. The van der Waals surface area contributed by atoms with Gasteiger partial charge in [-0.05, 0) is 50.3 Å². The van der Waals surface area contributed by atoms with E-state index in [0.29, 0.717) is 6.54 Å². The first-order valence-corrected chi connectivity index (χ1v) is 9.19. The van der Waals surface area contributed by atoms with Crippen molar-refractivity contribution in [1.82, 2.24) is 4.90 Å². The Bertz CT molecular complexity index is 578. The molecule has 1 aromatic carbocycles. The standard InChI is InChI=1S/C20H29NO3/c1-15(22)16-7-6-12-21(14-16)19(23)20(10-3-4-11-20)17-8-5-9-18(13-17)24-2/h5,8-9,13,15-16,22H,3-4,6-7,10-12,14H2,1-2H3. The molecule has 1 aliphatic carbocycles. The van der Waals surface area contributed by atoms with E-state index in [4.69, 9.17) is 4.74 Å². The Kier molecular flexibility index (Phi) is 5.14. The Hall–Kier alpha value is -1.55. The van der Waals surface area contributed by atoms with Gasteiger partial charge in [-0.3, -0.25) is 4.79 Å². The van der Waals surface area contributed by atoms with E-state index in [0.717, 1.165) is 56.4 Å². The quantitative estimate of drug-likeness (QED) is 0.922. The molecule has 24 heavy (non-hydrogen) atoms. The fourth-order valence-electron chi connectivity index (χ4n) is 4.42. The summed E-state index contributed by atoms with van der Waals surface area (Å²) in [5.74, 6) is 1.26. The number of likely N-dealkylation sites (tertiary alicyclic amines) is 1. The molecule has 3 rings (SSSR count). The summed E-state index contributed by atoms with van der Waals surface area (Å²) in [6, 6.07) is 8.01. The topological polar surface area (TPSA) is 49.8 Å². The molecule has 1 aliphatic heterocycles. The third-order valence-electron chi connectivity index (χ3n) is 5.92. The number of piperidine rings is 1. The van der Waals surface area contributed by atoms with Gasteiger partial charge in [0.05, 0.1) is 18.6 Å². The molecule has 1 saturated carbocycles. The first-order valence-electron chi connectivity index (χ1n) is 9.19. The van der Waals surface area contributed by atoms with Gasteiger partial charge in [0.25, 0.3) is 0 Å². The summed E-state index contributed by atoms with van der Waals surface area (Å²) in [6.45, 7) is 3.34. The fourth-order valence-corrected chi connectivity index (χ4v) is 4.42. The molecule has 1 N–H and O–H groups in total. The maximum Gasteiger partial charge on any atom is 0.233 e. The van der Waals surface area contributed by atoms with Crippen molar-refractivity contribution in [2.24, 2.45) is 5.92 Å². The highest BCUT2D eigenvalue weighted by atomic mass is 16.5. The van der Waals surface area contributed by atoms with E-state index in [1.165, 1.54) is 0 Å². The van der Waals surface area contributed by atoms with Crippen LogP contribution < -0.4 is 4.74 Å². The van der Waals surface area contributed by atoms with Crippen LogP contribution in [0.25, 0.3) is 0 Å². The number of amides is 1. The monoisotopic (exact) mass is 331 g/mol. The van der Waals surface area contributed by atoms with Crippen LogP contribution in [0.15, 0.2) is 24.3 Å². The van der Waals surface area contributed by atoms with Crippen molar-refractivity contribution in [3.8, 4) is 5.75 Å². The number of rotatable bonds is 4. The van der Waals surface area contributed by atoms with Crippen LogP contribution in [0.2, 0.25) is 0 Å². The zero-order chi connectivity index (χ0) is 17.2. The SMILES string of the molecule is COc1cccc(C2(C(=O)N3CCCC(C(C)O)C3)CCCC2)c1. The van der Waals surface area contributed by atoms with Gasteiger partial charge in [0.15, 0.2) is 0 Å². The van der Waals surface area contributed by atoms with Crippen LogP contribution in [0.3, 0.4) is 0 Å². The predicted octanol–water partition coefficient (Wildman–Crippen LogP) is 3.13. The van der Waals surface area contributed by atoms with E-state index in [1.807, 2.05) is 30.0 Å². The Balaban J connectivity index is 1.88. The maximum atomic E-state index is 13.5. The molecule has 4 nitrogen and oxygen atoms in total. The fraction of sp³-hybridized carbons (Fsp3) is 0.650. The smallest absolute Gasteiger partial charge is 0.233 e. The van der Waals surface area contributed by atoms with E-state index in [-0.39, 0.29) is 17.9 Å². The summed E-state index contributed by atoms with van der Waals surface area (Å²) < 4.78 is 5.38. The molecule has 0 aromatic heterocycles. The van der Waals surface area contributed by atoms with Crippen molar-refractivity contribution in [3.63, 3.8) is 0 Å². The summed E-state index contributed by atoms with van der Waals surface area (Å²) in [5.41, 5.74) is 0.679. The van der Waals surface area contributed by atoms with Gasteiger partial charge in [-0.1, -0.05) is 25.0 Å². The Labute approximate surface area is 144 Å². The molecule has 0 bridgehead atoms. The molecule has 1 amide bonds. The lowest BCUT2D eigenvalue weighted by Crippen LogP contribution is -2.50. The summed E-state index contributed by atoms with van der Waals surface area (Å²) in [7, 11) is 1.67. The molecule has 1 saturated heterocycles. The van der Waals surface area contributed by atoms with Crippen molar-refractivity contribution in [2.45, 2.75) is 57.0 Å². The van der Waals surface area contributed by atoms with Gasteiger partial charge in [-0.25, -0.2) is 0 Å². The number of methoxy groups -OCH3 is 1. The number of carbonyl (C=O) groups excluding carboxylic acids is 1. The van der Waals surface area contributed by atoms with Crippen molar-refractivity contribution < 1.29 is 14.6 Å². The van der Waals surface area contributed by atoms with Gasteiger partial charge in [-0.2, -0.15) is 0 Å². The average Bonchev–Trinajstić information content (AvgIpc) is 3.12. The highest BCUT2D eigenvalue weighted by Gasteiger charge is 2.46. The third kappa shape index (κ3) is 3.16. The molecule has 2 fully saturated rings. The maximum absolute atomic E-state index is 13.5. The average molecular weight is 331 g/mol. The molecule has 1 aromatic rings. The van der Waals surface area contributed by atoms with Crippen molar-refractivity contribution in [1.29, 1.82) is 0 Å². The van der Waals surface area contributed by atoms with Crippen molar-refractivity contribution >= 4 is 5.91 Å². The summed E-state index contributed by atoms with van der Waals surface area (Å²) in [4.78, 5) is 15.5. The van der Waals surface area contributed by atoms with E-state index in [9.17, 15) is 9.90 Å². The van der Waals surface area contributed by atoms with Gasteiger partial charge in [0.2, 0.25) is 5.91 Å². The van der Waals surface area contributed by atoms with Crippen LogP contribution in [0.1, 0.15) is 51.0 Å². The van der Waals surface area contributed by atoms with E-state index in [1.54, 1.807) is 7.11 Å². The molecule has 1 heterocycles. The molecular formula is C20H29NO3. The molecule has 132 valence electrons. The van der Waals surface area contributed by atoms with Crippen LogP contribution >= 0.6 is 0 Å². The second kappa shape index (κ2) is 7.14. The van der Waals surface area contributed by atoms with Gasteiger partial charge in [0, 0.05) is 19.0 Å². The molecular weight excluding hydrogens is 302 g/mol. The minimum atomic E-state index is -0.408. The summed E-state index contributed by atoms with van der Waals surface area (Å²) >= 11 is 0. The first-order chi connectivity index (χ1) is 11.6. The van der Waals surface area contributed by atoms with Crippen LogP contribution in [-0.2, 0) is 10.2 Å². The number of benzene rings is 1. The highest BCUT2D eigenvalue weighted by Crippen LogP contribution is 2.44. The van der Waals surface area contributed by atoms with E-state index < -0.39 is 5.41 Å². The number of aliphatic hydroxyl groups excluding tert-OH is 1. The van der Waals surface area contributed by atoms with Gasteiger partial charge < -0.3 is 14.7 Å². The Morgan fingerprint density at radius 2 is 2.08 bits per heavy atom. The number of hydrogen-bond acceptors (Lipinski definition) is 3. The van der Waals surface area contributed by atoms with Crippen LogP contribution in [0.5, 0.6) is 5.75 Å². The summed E-state index contributed by atoms with van der Waals surface area (Å²) in [6.07, 6.45) is 5.65. The number of hydrogen-bond donors (Lipinski definition) is 1. The number of nitrogens with zero attached hydrogens (tertiary/aromatic N) is 1. The molecule has 2 unspecified atom stereocenters. The normalized spacial score (nSPS) is 24.6. The zero-order valence-electron chi connectivity index (χ0n) is 14.8. The minimum Gasteiger partial charge on any atom is -0.497 e. The van der Waals surface area contributed by atoms with Crippen LogP contribution in [-0.4, -0.2) is 42.2 Å². The third-order valence-corrected chi connectivity index (χ3v) is 5.92. The lowest BCUT2D eigenvalue weighted by molar-refractivity contribution is -0.140. The van der Waals surface area contributed by atoms with E-state index in [2.05, 4.69) is 6.07 Å². The molecule has 4 heteroatoms. The number of carbonyl (C=O) groups is 1. The number of aliphatic hydroxyl groups is 1. The lowest BCUT2D eigenvalue weighted by atomic mass is 9.76. The largest absolute Gasteiger partial charge is 0.497 e. The Morgan fingerprint density at radius 3 is 2.75 bits per heavy atom. The highest BCUT2D eigenvalue weighted by molar-refractivity contribution is 5.89. The number of ether oxygens (including phenoxy) is 1.